The molecule has 25 heavy (non-hydrogen) atoms. The Labute approximate surface area is 150 Å². The van der Waals surface area contributed by atoms with Crippen LogP contribution in [0.4, 0.5) is 0 Å². The lowest BCUT2D eigenvalue weighted by Gasteiger charge is -2.13. The number of aliphatic imine (C=N–C) groups is 1. The van der Waals surface area contributed by atoms with E-state index in [-0.39, 0.29) is 11.8 Å². The van der Waals surface area contributed by atoms with Crippen molar-refractivity contribution in [3.8, 4) is 11.5 Å². The minimum atomic E-state index is -0.000995. The number of carbonyl (C=O) groups excluding carboxylic acids is 1. The normalized spacial score (nSPS) is 11.2. The van der Waals surface area contributed by atoms with Gasteiger partial charge in [-0.2, -0.15) is 0 Å². The molecule has 1 amide bonds. The number of nitrogens with zero attached hydrogens (tertiary/aromatic N) is 1. The van der Waals surface area contributed by atoms with Gasteiger partial charge in [0.2, 0.25) is 5.91 Å². The first-order valence-corrected chi connectivity index (χ1v) is 8.45. The molecule has 0 unspecified atom stereocenters. The van der Waals surface area contributed by atoms with Crippen LogP contribution in [0.5, 0.6) is 11.5 Å². The molecule has 0 aromatic heterocycles. The molecular formula is C18H30N4O3. The first-order chi connectivity index (χ1) is 12.0. The van der Waals surface area contributed by atoms with Gasteiger partial charge in [-0.05, 0) is 24.1 Å². The molecule has 0 radical (unpaired) electrons. The van der Waals surface area contributed by atoms with Crippen LogP contribution in [0.1, 0.15) is 19.4 Å². The summed E-state index contributed by atoms with van der Waals surface area (Å²) in [7, 11) is 4.97. The van der Waals surface area contributed by atoms with Gasteiger partial charge in [-0.15, -0.1) is 0 Å². The predicted octanol–water partition coefficient (Wildman–Crippen LogP) is 1.18. The van der Waals surface area contributed by atoms with E-state index in [1.807, 2.05) is 32.0 Å². The number of hydrogen-bond donors (Lipinski definition) is 3. The molecule has 7 nitrogen and oxygen atoms in total. The summed E-state index contributed by atoms with van der Waals surface area (Å²) in [5, 5.41) is 9.28. The van der Waals surface area contributed by atoms with Crippen molar-refractivity contribution < 1.29 is 14.3 Å². The molecule has 3 N–H and O–H groups in total. The van der Waals surface area contributed by atoms with Crippen LogP contribution in [0.25, 0.3) is 0 Å². The number of ether oxygens (including phenoxy) is 2. The molecule has 1 rings (SSSR count). The van der Waals surface area contributed by atoms with E-state index >= 15 is 0 Å². The molecule has 0 aliphatic carbocycles. The third-order valence-electron chi connectivity index (χ3n) is 3.62. The first kappa shape index (κ1) is 20.6. The molecule has 0 bridgehead atoms. The molecule has 0 saturated heterocycles. The smallest absolute Gasteiger partial charge is 0.222 e. The molecule has 0 spiro atoms. The Bertz CT molecular complexity index is 573. The zero-order valence-electron chi connectivity index (χ0n) is 15.8. The zero-order valence-corrected chi connectivity index (χ0v) is 15.8. The van der Waals surface area contributed by atoms with E-state index in [0.717, 1.165) is 30.0 Å². The fraction of sp³-hybridized carbons (Fsp3) is 0.556. The Morgan fingerprint density at radius 1 is 1.04 bits per heavy atom. The quantitative estimate of drug-likeness (QED) is 0.354. The summed E-state index contributed by atoms with van der Waals surface area (Å²) >= 11 is 0. The third-order valence-corrected chi connectivity index (χ3v) is 3.62. The van der Waals surface area contributed by atoms with Crippen molar-refractivity contribution in [2.75, 3.05) is 40.9 Å². The van der Waals surface area contributed by atoms with E-state index in [1.54, 1.807) is 21.3 Å². The van der Waals surface area contributed by atoms with E-state index in [4.69, 9.17) is 9.47 Å². The number of rotatable bonds is 9. The summed E-state index contributed by atoms with van der Waals surface area (Å²) in [6.07, 6.45) is 0.825. The van der Waals surface area contributed by atoms with Gasteiger partial charge in [0.05, 0.1) is 14.2 Å². The van der Waals surface area contributed by atoms with Crippen molar-refractivity contribution in [2.24, 2.45) is 10.9 Å². The van der Waals surface area contributed by atoms with E-state index in [1.165, 1.54) is 0 Å². The molecule has 1 aromatic rings. The Kier molecular flexibility index (Phi) is 9.21. The van der Waals surface area contributed by atoms with Crippen LogP contribution in [-0.2, 0) is 11.2 Å². The first-order valence-electron chi connectivity index (χ1n) is 8.45. The van der Waals surface area contributed by atoms with Crippen LogP contribution >= 0.6 is 0 Å². The van der Waals surface area contributed by atoms with Crippen LogP contribution in [-0.4, -0.2) is 52.8 Å². The highest BCUT2D eigenvalue weighted by Gasteiger charge is 2.06. The average molecular weight is 350 g/mol. The summed E-state index contributed by atoms with van der Waals surface area (Å²) < 4.78 is 10.5. The lowest BCUT2D eigenvalue weighted by molar-refractivity contribution is -0.123. The number of hydrogen-bond acceptors (Lipinski definition) is 4. The average Bonchev–Trinajstić information content (AvgIpc) is 2.62. The second-order valence-electron chi connectivity index (χ2n) is 5.81. The van der Waals surface area contributed by atoms with Gasteiger partial charge in [0.15, 0.2) is 17.5 Å². The van der Waals surface area contributed by atoms with Crippen LogP contribution in [0, 0.1) is 5.92 Å². The molecule has 1 aromatic carbocycles. The van der Waals surface area contributed by atoms with Crippen molar-refractivity contribution in [2.45, 2.75) is 20.3 Å². The van der Waals surface area contributed by atoms with Crippen molar-refractivity contribution in [1.29, 1.82) is 0 Å². The largest absolute Gasteiger partial charge is 0.493 e. The lowest BCUT2D eigenvalue weighted by atomic mass is 10.1. The summed E-state index contributed by atoms with van der Waals surface area (Å²) in [6, 6.07) is 5.89. The highest BCUT2D eigenvalue weighted by atomic mass is 16.5. The zero-order chi connectivity index (χ0) is 18.7. The summed E-state index contributed by atoms with van der Waals surface area (Å²) in [4.78, 5) is 15.6. The number of nitrogens with one attached hydrogen (secondary N) is 3. The monoisotopic (exact) mass is 350 g/mol. The van der Waals surface area contributed by atoms with Gasteiger partial charge in [0.1, 0.15) is 0 Å². The molecule has 0 aliphatic rings. The highest BCUT2D eigenvalue weighted by molar-refractivity contribution is 5.80. The Morgan fingerprint density at radius 2 is 1.68 bits per heavy atom. The SMILES string of the molecule is CN=C(NCCNC(=O)C(C)C)NCCc1ccc(OC)c(OC)c1. The summed E-state index contributed by atoms with van der Waals surface area (Å²) in [6.45, 7) is 5.66. The van der Waals surface area contributed by atoms with E-state index < -0.39 is 0 Å². The standard InChI is InChI=1S/C18H30N4O3/c1-13(2)17(23)20-10-11-22-18(19-3)21-9-8-14-6-7-15(24-4)16(12-14)25-5/h6-7,12-13H,8-11H2,1-5H3,(H,20,23)(H2,19,21,22). The van der Waals surface area contributed by atoms with Gasteiger partial charge in [-0.1, -0.05) is 19.9 Å². The van der Waals surface area contributed by atoms with Gasteiger partial charge in [0, 0.05) is 32.6 Å². The minimum Gasteiger partial charge on any atom is -0.493 e. The van der Waals surface area contributed by atoms with Gasteiger partial charge in [-0.3, -0.25) is 9.79 Å². The summed E-state index contributed by atoms with van der Waals surface area (Å²) in [5.41, 5.74) is 1.14. The van der Waals surface area contributed by atoms with Gasteiger partial charge < -0.3 is 25.4 Å². The maximum atomic E-state index is 11.5. The molecule has 7 heteroatoms. The maximum absolute atomic E-state index is 11.5. The highest BCUT2D eigenvalue weighted by Crippen LogP contribution is 2.27. The van der Waals surface area contributed by atoms with Crippen molar-refractivity contribution >= 4 is 11.9 Å². The van der Waals surface area contributed by atoms with E-state index in [2.05, 4.69) is 20.9 Å². The van der Waals surface area contributed by atoms with Crippen molar-refractivity contribution in [3.63, 3.8) is 0 Å². The molecule has 0 saturated carbocycles. The number of amides is 1. The predicted molar refractivity (Wildman–Crippen MR) is 100 cm³/mol. The molecule has 0 fully saturated rings. The number of carbonyl (C=O) groups is 1. The van der Waals surface area contributed by atoms with Crippen LogP contribution < -0.4 is 25.4 Å². The number of benzene rings is 1. The number of methoxy groups -OCH3 is 2. The molecule has 0 heterocycles. The molecular weight excluding hydrogens is 320 g/mol. The van der Waals surface area contributed by atoms with Gasteiger partial charge in [0.25, 0.3) is 0 Å². The van der Waals surface area contributed by atoms with Crippen molar-refractivity contribution in [1.82, 2.24) is 16.0 Å². The fourth-order valence-corrected chi connectivity index (χ4v) is 2.15. The van der Waals surface area contributed by atoms with Gasteiger partial charge in [-0.25, -0.2) is 0 Å². The summed E-state index contributed by atoms with van der Waals surface area (Å²) in [5.74, 6) is 2.21. The van der Waals surface area contributed by atoms with Gasteiger partial charge >= 0.3 is 0 Å². The second-order valence-corrected chi connectivity index (χ2v) is 5.81. The van der Waals surface area contributed by atoms with E-state index in [0.29, 0.717) is 19.0 Å². The van der Waals surface area contributed by atoms with Crippen LogP contribution in [0.2, 0.25) is 0 Å². The fourth-order valence-electron chi connectivity index (χ4n) is 2.15. The molecule has 0 aliphatic heterocycles. The van der Waals surface area contributed by atoms with Crippen LogP contribution in [0.15, 0.2) is 23.2 Å². The minimum absolute atomic E-state index is 0.000995. The third kappa shape index (κ3) is 7.32. The molecule has 140 valence electrons. The molecule has 0 atom stereocenters. The second kappa shape index (κ2) is 11.2. The Balaban J connectivity index is 2.34. The van der Waals surface area contributed by atoms with E-state index in [9.17, 15) is 4.79 Å². The topological polar surface area (TPSA) is 84.0 Å². The maximum Gasteiger partial charge on any atom is 0.222 e. The Hall–Kier alpha value is -2.44. The number of guanidine groups is 1. The van der Waals surface area contributed by atoms with Crippen LogP contribution in [0.3, 0.4) is 0 Å². The lowest BCUT2D eigenvalue weighted by Crippen LogP contribution is -2.42. The Morgan fingerprint density at radius 3 is 2.28 bits per heavy atom. The van der Waals surface area contributed by atoms with Crippen molar-refractivity contribution in [3.05, 3.63) is 23.8 Å².